The smallest absolute Gasteiger partial charge is 0.331 e. The van der Waals surface area contributed by atoms with E-state index in [9.17, 15) is 9.59 Å². The van der Waals surface area contributed by atoms with Crippen LogP contribution in [0.1, 0.15) is 27.2 Å². The Morgan fingerprint density at radius 1 is 1.29 bits per heavy atom. The lowest BCUT2D eigenvalue weighted by molar-refractivity contribution is -0.153. The highest BCUT2D eigenvalue weighted by atomic mass is 16.4. The van der Waals surface area contributed by atoms with Crippen LogP contribution in [0, 0.1) is 10.8 Å². The molecule has 0 aromatic heterocycles. The van der Waals surface area contributed by atoms with Crippen molar-refractivity contribution in [3.63, 3.8) is 0 Å². The molecule has 1 atom stereocenters. The third kappa shape index (κ3) is 1.14. The van der Waals surface area contributed by atoms with Crippen molar-refractivity contribution in [3.8, 4) is 0 Å². The maximum absolute atomic E-state index is 11.1. The van der Waals surface area contributed by atoms with Gasteiger partial charge in [0, 0.05) is 11.0 Å². The molecule has 0 heterocycles. The molecule has 0 aromatic carbocycles. The van der Waals surface area contributed by atoms with Crippen LogP contribution in [-0.4, -0.2) is 22.2 Å². The van der Waals surface area contributed by atoms with Crippen LogP contribution in [0.4, 0.5) is 0 Å². The van der Waals surface area contributed by atoms with Gasteiger partial charge in [0.2, 0.25) is 0 Å². The molecule has 0 spiro atoms. The first-order valence-corrected chi connectivity index (χ1v) is 4.41. The summed E-state index contributed by atoms with van der Waals surface area (Å²) in [6.07, 6.45) is 1.79. The van der Waals surface area contributed by atoms with Gasteiger partial charge in [-0.3, -0.25) is 4.79 Å². The van der Waals surface area contributed by atoms with Crippen LogP contribution in [0.25, 0.3) is 0 Å². The molecule has 0 amide bonds. The van der Waals surface area contributed by atoms with Crippen LogP contribution in [0.3, 0.4) is 0 Å². The number of carboxylic acids is 2. The minimum Gasteiger partial charge on any atom is -0.481 e. The molecule has 4 heteroatoms. The molecular weight excluding hydrogens is 184 g/mol. The zero-order valence-corrected chi connectivity index (χ0v) is 8.50. The molecule has 0 radical (unpaired) electrons. The van der Waals surface area contributed by atoms with Gasteiger partial charge in [-0.25, -0.2) is 4.79 Å². The quantitative estimate of drug-likeness (QED) is 0.705. The lowest BCUT2D eigenvalue weighted by Gasteiger charge is -2.35. The van der Waals surface area contributed by atoms with Crippen molar-refractivity contribution in [1.82, 2.24) is 0 Å². The average molecular weight is 198 g/mol. The fourth-order valence-corrected chi connectivity index (χ4v) is 1.82. The van der Waals surface area contributed by atoms with Crippen molar-refractivity contribution >= 4 is 11.9 Å². The Hall–Kier alpha value is -1.32. The summed E-state index contributed by atoms with van der Waals surface area (Å²) in [5, 5.41) is 18.0. The SMILES string of the molecule is CC1(C)C(C(=O)O)=CCC1(C)C(=O)O. The molecule has 14 heavy (non-hydrogen) atoms. The monoisotopic (exact) mass is 198 g/mol. The maximum atomic E-state index is 11.1. The van der Waals surface area contributed by atoms with Crippen LogP contribution in [0.2, 0.25) is 0 Å². The van der Waals surface area contributed by atoms with Gasteiger partial charge in [-0.2, -0.15) is 0 Å². The number of rotatable bonds is 2. The molecule has 0 fully saturated rings. The van der Waals surface area contributed by atoms with Crippen molar-refractivity contribution in [2.75, 3.05) is 0 Å². The number of hydrogen-bond acceptors (Lipinski definition) is 2. The van der Waals surface area contributed by atoms with E-state index in [0.717, 1.165) is 0 Å². The van der Waals surface area contributed by atoms with Crippen LogP contribution < -0.4 is 0 Å². The van der Waals surface area contributed by atoms with Gasteiger partial charge < -0.3 is 10.2 Å². The molecule has 1 unspecified atom stereocenters. The van der Waals surface area contributed by atoms with Crippen molar-refractivity contribution in [2.45, 2.75) is 27.2 Å². The summed E-state index contributed by atoms with van der Waals surface area (Å²) in [7, 11) is 0. The van der Waals surface area contributed by atoms with Crippen LogP contribution in [0.5, 0.6) is 0 Å². The molecule has 78 valence electrons. The zero-order valence-electron chi connectivity index (χ0n) is 8.50. The average Bonchev–Trinajstić information content (AvgIpc) is 2.24. The lowest BCUT2D eigenvalue weighted by Crippen LogP contribution is -2.40. The number of carboxylic acid groups (broad SMARTS) is 2. The second kappa shape index (κ2) is 2.83. The predicted molar refractivity (Wildman–Crippen MR) is 49.9 cm³/mol. The second-order valence-electron chi connectivity index (χ2n) is 4.39. The number of carbonyl (C=O) groups is 2. The summed E-state index contributed by atoms with van der Waals surface area (Å²) < 4.78 is 0. The Labute approximate surface area is 82.2 Å². The Balaban J connectivity index is 3.16. The van der Waals surface area contributed by atoms with E-state index in [0.29, 0.717) is 0 Å². The molecule has 1 aliphatic carbocycles. The maximum Gasteiger partial charge on any atom is 0.331 e. The summed E-state index contributed by atoms with van der Waals surface area (Å²) in [4.78, 5) is 21.9. The molecule has 0 saturated carbocycles. The summed E-state index contributed by atoms with van der Waals surface area (Å²) in [6, 6.07) is 0. The Kier molecular flexibility index (Phi) is 2.18. The Morgan fingerprint density at radius 3 is 2.00 bits per heavy atom. The van der Waals surface area contributed by atoms with Crippen molar-refractivity contribution in [1.29, 1.82) is 0 Å². The van der Waals surface area contributed by atoms with Gasteiger partial charge in [0.15, 0.2) is 0 Å². The van der Waals surface area contributed by atoms with Crippen LogP contribution >= 0.6 is 0 Å². The molecule has 0 aromatic rings. The minimum atomic E-state index is -1.03. The first-order valence-electron chi connectivity index (χ1n) is 4.41. The van der Waals surface area contributed by atoms with Crippen molar-refractivity contribution < 1.29 is 19.8 Å². The fourth-order valence-electron chi connectivity index (χ4n) is 1.82. The number of allylic oxidation sites excluding steroid dienone is 1. The van der Waals surface area contributed by atoms with E-state index in [2.05, 4.69) is 0 Å². The third-order valence-electron chi connectivity index (χ3n) is 3.47. The van der Waals surface area contributed by atoms with Gasteiger partial charge in [0.05, 0.1) is 5.41 Å². The van der Waals surface area contributed by atoms with Gasteiger partial charge in [-0.1, -0.05) is 19.9 Å². The molecule has 1 aliphatic rings. The molecule has 0 aliphatic heterocycles. The molecule has 1 rings (SSSR count). The van der Waals surface area contributed by atoms with Crippen molar-refractivity contribution in [2.24, 2.45) is 10.8 Å². The summed E-state index contributed by atoms with van der Waals surface area (Å²) in [6.45, 7) is 4.91. The Bertz CT molecular complexity index is 327. The summed E-state index contributed by atoms with van der Waals surface area (Å²) >= 11 is 0. The zero-order chi connectivity index (χ0) is 11.1. The molecule has 0 saturated heterocycles. The minimum absolute atomic E-state index is 0.197. The van der Waals surface area contributed by atoms with E-state index in [1.807, 2.05) is 0 Å². The van der Waals surface area contributed by atoms with Gasteiger partial charge in [-0.15, -0.1) is 0 Å². The Morgan fingerprint density at radius 2 is 1.79 bits per heavy atom. The summed E-state index contributed by atoms with van der Waals surface area (Å²) in [5.41, 5.74) is -1.65. The first-order chi connectivity index (χ1) is 6.23. The van der Waals surface area contributed by atoms with Crippen LogP contribution in [-0.2, 0) is 9.59 Å². The van der Waals surface area contributed by atoms with E-state index < -0.39 is 22.8 Å². The predicted octanol–water partition coefficient (Wildman–Crippen LogP) is 1.52. The van der Waals surface area contributed by atoms with E-state index in [4.69, 9.17) is 10.2 Å². The van der Waals surface area contributed by atoms with E-state index in [1.54, 1.807) is 20.8 Å². The van der Waals surface area contributed by atoms with Gasteiger partial charge in [0.1, 0.15) is 0 Å². The van der Waals surface area contributed by atoms with E-state index in [-0.39, 0.29) is 12.0 Å². The molecule has 2 N–H and O–H groups in total. The first kappa shape index (κ1) is 10.8. The highest BCUT2D eigenvalue weighted by Crippen LogP contribution is 2.52. The van der Waals surface area contributed by atoms with E-state index in [1.165, 1.54) is 6.08 Å². The third-order valence-corrected chi connectivity index (χ3v) is 3.47. The van der Waals surface area contributed by atoms with Gasteiger partial charge in [0.25, 0.3) is 0 Å². The molecular formula is C10H14O4. The van der Waals surface area contributed by atoms with Crippen molar-refractivity contribution in [3.05, 3.63) is 11.6 Å². The van der Waals surface area contributed by atoms with Crippen LogP contribution in [0.15, 0.2) is 11.6 Å². The highest BCUT2D eigenvalue weighted by molar-refractivity contribution is 5.92. The fraction of sp³-hybridized carbons (Fsp3) is 0.600. The van der Waals surface area contributed by atoms with Gasteiger partial charge >= 0.3 is 11.9 Å². The van der Waals surface area contributed by atoms with Gasteiger partial charge in [-0.05, 0) is 13.3 Å². The topological polar surface area (TPSA) is 74.6 Å². The summed E-state index contributed by atoms with van der Waals surface area (Å²) in [5.74, 6) is -1.98. The second-order valence-corrected chi connectivity index (χ2v) is 4.39. The normalized spacial score (nSPS) is 29.8. The largest absolute Gasteiger partial charge is 0.481 e. The number of aliphatic carboxylic acids is 2. The molecule has 0 bridgehead atoms. The standard InChI is InChI=1S/C10H14O4/c1-9(2)6(7(11)12)4-5-10(9,3)8(13)14/h4H,5H2,1-3H3,(H,11,12)(H,13,14). The number of hydrogen-bond donors (Lipinski definition) is 2. The molecule has 4 nitrogen and oxygen atoms in total. The lowest BCUT2D eigenvalue weighted by atomic mass is 9.66. The highest BCUT2D eigenvalue weighted by Gasteiger charge is 2.54. The van der Waals surface area contributed by atoms with E-state index >= 15 is 0 Å².